The number of aromatic nitrogens is 1. The van der Waals surface area contributed by atoms with Gasteiger partial charge in [-0.2, -0.15) is 0 Å². The summed E-state index contributed by atoms with van der Waals surface area (Å²) in [4.78, 5) is 4.05. The van der Waals surface area contributed by atoms with Crippen LogP contribution < -0.4 is 5.32 Å². The zero-order valence-electron chi connectivity index (χ0n) is 9.14. The van der Waals surface area contributed by atoms with Gasteiger partial charge in [0.05, 0.1) is 0 Å². The van der Waals surface area contributed by atoms with Gasteiger partial charge < -0.3 is 10.4 Å². The molecule has 82 valence electrons. The quantitative estimate of drug-likeness (QED) is 0.772. The summed E-state index contributed by atoms with van der Waals surface area (Å²) in [6.07, 6.45) is 3.59. The number of anilines is 1. The van der Waals surface area contributed by atoms with Crippen molar-refractivity contribution in [2.45, 2.75) is 13.5 Å². The van der Waals surface area contributed by atoms with Gasteiger partial charge in [-0.3, -0.25) is 4.98 Å². The Balaban J connectivity index is 2.03. The molecule has 3 heteroatoms. The van der Waals surface area contributed by atoms with Crippen LogP contribution in [0.2, 0.25) is 0 Å². The molecule has 0 radical (unpaired) electrons. The highest BCUT2D eigenvalue weighted by Crippen LogP contribution is 2.20. The lowest BCUT2D eigenvalue weighted by molar-refractivity contribution is 0.471. The third-order valence-corrected chi connectivity index (χ3v) is 2.42. The lowest BCUT2D eigenvalue weighted by atomic mass is 10.2. The first-order valence-electron chi connectivity index (χ1n) is 5.18. The van der Waals surface area contributed by atoms with Crippen molar-refractivity contribution in [2.24, 2.45) is 0 Å². The predicted molar refractivity (Wildman–Crippen MR) is 64.4 cm³/mol. The van der Waals surface area contributed by atoms with Gasteiger partial charge >= 0.3 is 0 Å². The number of rotatable bonds is 3. The maximum Gasteiger partial charge on any atom is 0.118 e. The topological polar surface area (TPSA) is 45.2 Å². The van der Waals surface area contributed by atoms with Crippen LogP contribution >= 0.6 is 0 Å². The van der Waals surface area contributed by atoms with Crippen LogP contribution in [-0.4, -0.2) is 10.1 Å². The lowest BCUT2D eigenvalue weighted by Gasteiger charge is -2.07. The van der Waals surface area contributed by atoms with E-state index in [1.807, 2.05) is 37.4 Å². The van der Waals surface area contributed by atoms with E-state index in [2.05, 4.69) is 10.3 Å². The van der Waals surface area contributed by atoms with Gasteiger partial charge in [-0.05, 0) is 42.3 Å². The second-order valence-corrected chi connectivity index (χ2v) is 3.72. The minimum Gasteiger partial charge on any atom is -0.508 e. The number of nitrogens with one attached hydrogen (secondary N) is 1. The molecular weight excluding hydrogens is 200 g/mol. The fourth-order valence-corrected chi connectivity index (χ4v) is 1.47. The molecule has 3 nitrogen and oxygen atoms in total. The molecule has 0 bridgehead atoms. The van der Waals surface area contributed by atoms with Crippen LogP contribution in [-0.2, 0) is 6.54 Å². The Morgan fingerprint density at radius 1 is 1.31 bits per heavy atom. The Morgan fingerprint density at radius 2 is 2.19 bits per heavy atom. The average Bonchev–Trinajstić information content (AvgIpc) is 2.32. The average molecular weight is 214 g/mol. The number of aryl methyl sites for hydroxylation is 1. The highest BCUT2D eigenvalue weighted by atomic mass is 16.3. The fourth-order valence-electron chi connectivity index (χ4n) is 1.47. The molecule has 16 heavy (non-hydrogen) atoms. The minimum atomic E-state index is 0.326. The number of hydrogen-bond acceptors (Lipinski definition) is 3. The van der Waals surface area contributed by atoms with E-state index in [1.54, 1.807) is 12.3 Å². The van der Waals surface area contributed by atoms with E-state index in [-0.39, 0.29) is 0 Å². The van der Waals surface area contributed by atoms with Gasteiger partial charge in [0.15, 0.2) is 0 Å². The summed E-state index contributed by atoms with van der Waals surface area (Å²) in [6.45, 7) is 2.61. The van der Waals surface area contributed by atoms with E-state index >= 15 is 0 Å². The standard InChI is InChI=1S/C13H14N2O/c1-10-7-12(4-5-13(10)16)15-9-11-3-2-6-14-8-11/h2-8,15-16H,9H2,1H3. The number of phenols is 1. The van der Waals surface area contributed by atoms with Crippen LogP contribution in [0.4, 0.5) is 5.69 Å². The Morgan fingerprint density at radius 3 is 2.88 bits per heavy atom. The van der Waals surface area contributed by atoms with Crippen LogP contribution in [0.3, 0.4) is 0 Å². The summed E-state index contributed by atoms with van der Waals surface area (Å²) >= 11 is 0. The van der Waals surface area contributed by atoms with Crippen molar-refractivity contribution >= 4 is 5.69 Å². The number of nitrogens with zero attached hydrogens (tertiary/aromatic N) is 1. The summed E-state index contributed by atoms with van der Waals surface area (Å²) in [7, 11) is 0. The van der Waals surface area contributed by atoms with Gasteiger partial charge in [-0.25, -0.2) is 0 Å². The summed E-state index contributed by atoms with van der Waals surface area (Å²) in [5.74, 6) is 0.326. The predicted octanol–water partition coefficient (Wildman–Crippen LogP) is 2.71. The molecule has 0 aliphatic heterocycles. The largest absolute Gasteiger partial charge is 0.508 e. The lowest BCUT2D eigenvalue weighted by Crippen LogP contribution is -1.99. The molecule has 2 aromatic rings. The van der Waals surface area contributed by atoms with E-state index in [9.17, 15) is 5.11 Å². The highest BCUT2D eigenvalue weighted by molar-refractivity contribution is 5.50. The Kier molecular flexibility index (Phi) is 3.05. The Bertz CT molecular complexity index is 469. The third-order valence-electron chi connectivity index (χ3n) is 2.42. The van der Waals surface area contributed by atoms with Crippen LogP contribution in [0.25, 0.3) is 0 Å². The third kappa shape index (κ3) is 2.51. The van der Waals surface area contributed by atoms with Gasteiger partial charge in [-0.15, -0.1) is 0 Å². The fraction of sp³-hybridized carbons (Fsp3) is 0.154. The summed E-state index contributed by atoms with van der Waals surface area (Å²) in [5.41, 5.74) is 3.00. The van der Waals surface area contributed by atoms with Crippen molar-refractivity contribution in [1.82, 2.24) is 4.98 Å². The first kappa shape index (κ1) is 10.5. The molecule has 0 atom stereocenters. The first-order chi connectivity index (χ1) is 7.75. The number of pyridine rings is 1. The van der Waals surface area contributed by atoms with Crippen molar-refractivity contribution in [3.05, 3.63) is 53.9 Å². The minimum absolute atomic E-state index is 0.326. The number of phenolic OH excluding ortho intramolecular Hbond substituents is 1. The normalized spacial score (nSPS) is 10.1. The molecule has 1 heterocycles. The molecule has 1 aromatic heterocycles. The second kappa shape index (κ2) is 4.66. The van der Waals surface area contributed by atoms with Gasteiger partial charge in [0, 0.05) is 24.6 Å². The SMILES string of the molecule is Cc1cc(NCc2cccnc2)ccc1O. The Hall–Kier alpha value is -2.03. The number of hydrogen-bond donors (Lipinski definition) is 2. The van der Waals surface area contributed by atoms with Crippen molar-refractivity contribution < 1.29 is 5.11 Å². The van der Waals surface area contributed by atoms with Crippen molar-refractivity contribution in [1.29, 1.82) is 0 Å². The smallest absolute Gasteiger partial charge is 0.118 e. The van der Waals surface area contributed by atoms with Crippen LogP contribution in [0, 0.1) is 6.92 Å². The molecule has 0 fully saturated rings. The van der Waals surface area contributed by atoms with Crippen LogP contribution in [0.15, 0.2) is 42.7 Å². The molecule has 0 spiro atoms. The van der Waals surface area contributed by atoms with Gasteiger partial charge in [0.1, 0.15) is 5.75 Å². The summed E-state index contributed by atoms with van der Waals surface area (Å²) < 4.78 is 0. The maximum atomic E-state index is 9.39. The monoisotopic (exact) mass is 214 g/mol. The molecule has 0 unspecified atom stereocenters. The van der Waals surface area contributed by atoms with Gasteiger partial charge in [0.2, 0.25) is 0 Å². The molecule has 1 aromatic carbocycles. The molecule has 2 N–H and O–H groups in total. The maximum absolute atomic E-state index is 9.39. The molecule has 0 aliphatic rings. The molecule has 0 saturated carbocycles. The number of aromatic hydroxyl groups is 1. The summed E-state index contributed by atoms with van der Waals surface area (Å²) in [5, 5.41) is 12.7. The second-order valence-electron chi connectivity index (χ2n) is 3.72. The van der Waals surface area contributed by atoms with E-state index in [0.717, 1.165) is 23.4 Å². The molecule has 2 rings (SSSR count). The molecule has 0 saturated heterocycles. The highest BCUT2D eigenvalue weighted by Gasteiger charge is 1.98. The van der Waals surface area contributed by atoms with Crippen molar-refractivity contribution in [3.63, 3.8) is 0 Å². The zero-order valence-corrected chi connectivity index (χ0v) is 9.14. The van der Waals surface area contributed by atoms with E-state index in [4.69, 9.17) is 0 Å². The molecule has 0 amide bonds. The van der Waals surface area contributed by atoms with E-state index in [1.165, 1.54) is 0 Å². The van der Waals surface area contributed by atoms with E-state index < -0.39 is 0 Å². The van der Waals surface area contributed by atoms with Crippen LogP contribution in [0.1, 0.15) is 11.1 Å². The molecule has 0 aliphatic carbocycles. The van der Waals surface area contributed by atoms with Gasteiger partial charge in [0.25, 0.3) is 0 Å². The van der Waals surface area contributed by atoms with Crippen molar-refractivity contribution in [3.8, 4) is 5.75 Å². The Labute approximate surface area is 94.8 Å². The van der Waals surface area contributed by atoms with Crippen LogP contribution in [0.5, 0.6) is 5.75 Å². The zero-order chi connectivity index (χ0) is 11.4. The van der Waals surface area contributed by atoms with Gasteiger partial charge in [-0.1, -0.05) is 6.07 Å². The summed E-state index contributed by atoms with van der Waals surface area (Å²) in [6, 6.07) is 9.41. The number of benzene rings is 1. The van der Waals surface area contributed by atoms with Crippen molar-refractivity contribution in [2.75, 3.05) is 5.32 Å². The first-order valence-corrected chi connectivity index (χ1v) is 5.18. The van der Waals surface area contributed by atoms with E-state index in [0.29, 0.717) is 5.75 Å². The molecular formula is C13H14N2O.